The zero-order valence-corrected chi connectivity index (χ0v) is 12.7. The number of hydrogen-bond donors (Lipinski definition) is 2. The predicted molar refractivity (Wildman–Crippen MR) is 80.3 cm³/mol. The third kappa shape index (κ3) is 3.48. The van der Waals surface area contributed by atoms with Crippen molar-refractivity contribution in [3.05, 3.63) is 59.5 Å². The van der Waals surface area contributed by atoms with E-state index in [9.17, 15) is 22.4 Å². The summed E-state index contributed by atoms with van der Waals surface area (Å²) >= 11 is 0. The topological polar surface area (TPSA) is 88.1 Å². The standard InChI is InChI=1S/C16H9F4N3O3/c17-11-7-9(8-1-4-10(5-2-8)16(18,19)20)3-6-12(11)26-14-13(15(24)25)21-23-22-14/h1-7H,(H,24,25)(H,21,22,23). The average Bonchev–Trinajstić information content (AvgIpc) is 3.04. The summed E-state index contributed by atoms with van der Waals surface area (Å²) in [4.78, 5) is 10.9. The van der Waals surface area contributed by atoms with Gasteiger partial charge >= 0.3 is 12.1 Å². The van der Waals surface area contributed by atoms with Crippen molar-refractivity contribution in [3.8, 4) is 22.8 Å². The van der Waals surface area contributed by atoms with Crippen LogP contribution in [0.1, 0.15) is 16.1 Å². The van der Waals surface area contributed by atoms with E-state index in [1.54, 1.807) is 0 Å². The zero-order chi connectivity index (χ0) is 18.9. The van der Waals surface area contributed by atoms with Crippen LogP contribution in [0, 0.1) is 5.82 Å². The number of carboxylic acid groups (broad SMARTS) is 1. The van der Waals surface area contributed by atoms with Crippen molar-refractivity contribution in [2.45, 2.75) is 6.18 Å². The monoisotopic (exact) mass is 367 g/mol. The molecule has 6 nitrogen and oxygen atoms in total. The smallest absolute Gasteiger partial charge is 0.416 e. The van der Waals surface area contributed by atoms with Gasteiger partial charge in [0.05, 0.1) is 5.56 Å². The van der Waals surface area contributed by atoms with Crippen LogP contribution in [-0.4, -0.2) is 26.5 Å². The lowest BCUT2D eigenvalue weighted by molar-refractivity contribution is -0.137. The molecule has 0 aliphatic heterocycles. The molecule has 0 amide bonds. The van der Waals surface area contributed by atoms with Gasteiger partial charge in [-0.2, -0.15) is 13.2 Å². The highest BCUT2D eigenvalue weighted by Gasteiger charge is 2.30. The second kappa shape index (κ2) is 6.47. The Bertz CT molecular complexity index is 952. The molecule has 2 aromatic carbocycles. The maximum absolute atomic E-state index is 14.2. The molecule has 0 radical (unpaired) electrons. The maximum Gasteiger partial charge on any atom is 0.416 e. The summed E-state index contributed by atoms with van der Waals surface area (Å²) in [7, 11) is 0. The Labute approximate surface area is 143 Å². The van der Waals surface area contributed by atoms with Crippen LogP contribution in [0.15, 0.2) is 42.5 Å². The number of halogens is 4. The van der Waals surface area contributed by atoms with Crippen LogP contribution in [-0.2, 0) is 6.18 Å². The Balaban J connectivity index is 1.86. The Morgan fingerprint density at radius 1 is 1.08 bits per heavy atom. The minimum absolute atomic E-state index is 0.297. The number of aromatic amines is 1. The second-order valence-electron chi connectivity index (χ2n) is 5.12. The lowest BCUT2D eigenvalue weighted by atomic mass is 10.0. The van der Waals surface area contributed by atoms with E-state index in [0.717, 1.165) is 18.2 Å². The lowest BCUT2D eigenvalue weighted by Gasteiger charge is -2.09. The molecule has 1 aromatic heterocycles. The van der Waals surface area contributed by atoms with Gasteiger partial charge in [-0.1, -0.05) is 23.4 Å². The largest absolute Gasteiger partial charge is 0.476 e. The first-order valence-electron chi connectivity index (χ1n) is 7.05. The Morgan fingerprint density at radius 3 is 2.31 bits per heavy atom. The second-order valence-corrected chi connectivity index (χ2v) is 5.12. The number of aromatic carboxylic acids is 1. The molecule has 0 fully saturated rings. The summed E-state index contributed by atoms with van der Waals surface area (Å²) in [6, 6.07) is 7.93. The minimum atomic E-state index is -4.46. The first-order chi connectivity index (χ1) is 12.3. The van der Waals surface area contributed by atoms with Gasteiger partial charge in [-0.15, -0.1) is 5.10 Å². The summed E-state index contributed by atoms with van der Waals surface area (Å²) < 4.78 is 57.1. The SMILES string of the molecule is O=C(O)c1nn[nH]c1Oc1ccc(-c2ccc(C(F)(F)F)cc2)cc1F. The van der Waals surface area contributed by atoms with Crippen LogP contribution < -0.4 is 4.74 Å². The Kier molecular flexibility index (Phi) is 4.33. The summed E-state index contributed by atoms with van der Waals surface area (Å²) in [6.45, 7) is 0. The van der Waals surface area contributed by atoms with Gasteiger partial charge in [-0.05, 0) is 35.4 Å². The number of nitrogens with one attached hydrogen (secondary N) is 1. The van der Waals surface area contributed by atoms with E-state index in [1.165, 1.54) is 24.3 Å². The molecule has 10 heteroatoms. The summed E-state index contributed by atoms with van der Waals surface area (Å²) in [6.07, 6.45) is -4.46. The van der Waals surface area contributed by atoms with Gasteiger partial charge in [0.25, 0.3) is 5.88 Å². The van der Waals surface area contributed by atoms with E-state index in [-0.39, 0.29) is 11.6 Å². The molecular formula is C16H9F4N3O3. The minimum Gasteiger partial charge on any atom is -0.476 e. The summed E-state index contributed by atoms with van der Waals surface area (Å²) in [5.41, 5.74) is -0.631. The van der Waals surface area contributed by atoms with Crippen molar-refractivity contribution >= 4 is 5.97 Å². The van der Waals surface area contributed by atoms with Crippen molar-refractivity contribution in [1.82, 2.24) is 15.4 Å². The van der Waals surface area contributed by atoms with Gasteiger partial charge in [-0.25, -0.2) is 14.3 Å². The molecule has 0 aliphatic carbocycles. The van der Waals surface area contributed by atoms with E-state index in [0.29, 0.717) is 11.1 Å². The quantitative estimate of drug-likeness (QED) is 0.677. The first kappa shape index (κ1) is 17.4. The molecule has 3 aromatic rings. The van der Waals surface area contributed by atoms with Crippen molar-refractivity contribution in [3.63, 3.8) is 0 Å². The van der Waals surface area contributed by atoms with Crippen LogP contribution in [0.2, 0.25) is 0 Å². The van der Waals surface area contributed by atoms with E-state index in [4.69, 9.17) is 9.84 Å². The fourth-order valence-corrected chi connectivity index (χ4v) is 2.15. The number of nitrogens with zero attached hydrogens (tertiary/aromatic N) is 2. The van der Waals surface area contributed by atoms with Gasteiger partial charge in [0.1, 0.15) is 0 Å². The van der Waals surface area contributed by atoms with Crippen LogP contribution in [0.3, 0.4) is 0 Å². The van der Waals surface area contributed by atoms with Crippen molar-refractivity contribution in [2.75, 3.05) is 0 Å². The fraction of sp³-hybridized carbons (Fsp3) is 0.0625. The van der Waals surface area contributed by atoms with Gasteiger partial charge in [-0.3, -0.25) is 0 Å². The van der Waals surface area contributed by atoms with Crippen LogP contribution >= 0.6 is 0 Å². The van der Waals surface area contributed by atoms with E-state index < -0.39 is 29.2 Å². The molecule has 0 saturated carbocycles. The summed E-state index contributed by atoms with van der Waals surface area (Å²) in [5.74, 6) is -2.89. The highest BCUT2D eigenvalue weighted by Crippen LogP contribution is 2.32. The molecule has 26 heavy (non-hydrogen) atoms. The molecule has 1 heterocycles. The molecular weight excluding hydrogens is 358 g/mol. The van der Waals surface area contributed by atoms with Gasteiger partial charge in [0.15, 0.2) is 11.6 Å². The van der Waals surface area contributed by atoms with E-state index >= 15 is 0 Å². The third-order valence-electron chi connectivity index (χ3n) is 3.41. The Morgan fingerprint density at radius 2 is 1.73 bits per heavy atom. The Hall–Kier alpha value is -3.43. The van der Waals surface area contributed by atoms with E-state index in [2.05, 4.69) is 15.4 Å². The molecule has 0 bridgehead atoms. The zero-order valence-electron chi connectivity index (χ0n) is 12.7. The van der Waals surface area contributed by atoms with Crippen LogP contribution in [0.4, 0.5) is 17.6 Å². The van der Waals surface area contributed by atoms with Gasteiger partial charge in [0, 0.05) is 0 Å². The number of benzene rings is 2. The van der Waals surface area contributed by atoms with Gasteiger partial charge in [0.2, 0.25) is 5.69 Å². The van der Waals surface area contributed by atoms with Gasteiger partial charge < -0.3 is 9.84 Å². The van der Waals surface area contributed by atoms with Crippen LogP contribution in [0.25, 0.3) is 11.1 Å². The number of alkyl halides is 3. The lowest BCUT2D eigenvalue weighted by Crippen LogP contribution is -2.04. The molecule has 0 spiro atoms. The highest BCUT2D eigenvalue weighted by molar-refractivity contribution is 5.87. The number of carbonyl (C=O) groups is 1. The number of carboxylic acids is 1. The fourth-order valence-electron chi connectivity index (χ4n) is 2.15. The van der Waals surface area contributed by atoms with Crippen LogP contribution in [0.5, 0.6) is 11.6 Å². The number of aromatic nitrogens is 3. The third-order valence-corrected chi connectivity index (χ3v) is 3.41. The van der Waals surface area contributed by atoms with Crippen molar-refractivity contribution in [1.29, 1.82) is 0 Å². The molecule has 3 rings (SSSR count). The molecule has 0 saturated heterocycles. The number of rotatable bonds is 4. The number of hydrogen-bond acceptors (Lipinski definition) is 4. The maximum atomic E-state index is 14.2. The molecule has 134 valence electrons. The molecule has 2 N–H and O–H groups in total. The normalized spacial score (nSPS) is 11.4. The predicted octanol–water partition coefficient (Wildman–Crippen LogP) is 4.12. The molecule has 0 aliphatic rings. The van der Waals surface area contributed by atoms with E-state index in [1.807, 2.05) is 0 Å². The first-order valence-corrected chi connectivity index (χ1v) is 7.05. The number of H-pyrrole nitrogens is 1. The average molecular weight is 367 g/mol. The molecule has 0 atom stereocenters. The number of ether oxygens (including phenoxy) is 1. The summed E-state index contributed by atoms with van der Waals surface area (Å²) in [5, 5.41) is 17.6. The highest BCUT2D eigenvalue weighted by atomic mass is 19.4. The van der Waals surface area contributed by atoms with Crippen molar-refractivity contribution < 1.29 is 32.2 Å². The molecule has 0 unspecified atom stereocenters. The van der Waals surface area contributed by atoms with Crippen molar-refractivity contribution in [2.24, 2.45) is 0 Å².